The van der Waals surface area contributed by atoms with Gasteiger partial charge in [0.25, 0.3) is 5.91 Å². The first kappa shape index (κ1) is 15.5. The second kappa shape index (κ2) is 7.24. The van der Waals surface area contributed by atoms with E-state index in [1.54, 1.807) is 23.1 Å². The van der Waals surface area contributed by atoms with Crippen molar-refractivity contribution in [1.82, 2.24) is 4.90 Å². The topological polar surface area (TPSA) is 59.0 Å². The highest BCUT2D eigenvalue weighted by molar-refractivity contribution is 5.97. The maximum Gasteiger partial charge on any atom is 0.258 e. The zero-order chi connectivity index (χ0) is 15.2. The lowest BCUT2D eigenvalue weighted by Gasteiger charge is -2.37. The summed E-state index contributed by atoms with van der Waals surface area (Å²) in [6, 6.07) is 7.12. The van der Waals surface area contributed by atoms with Crippen molar-refractivity contribution < 1.29 is 19.4 Å². The molecule has 0 spiro atoms. The van der Waals surface area contributed by atoms with E-state index in [0.717, 1.165) is 0 Å². The monoisotopic (exact) mass is 291 g/mol. The molecule has 1 amide bonds. The third-order valence-corrected chi connectivity index (χ3v) is 3.44. The number of benzene rings is 1. The fraction of sp³-hybridized carbons (Fsp3) is 0.438. The maximum absolute atomic E-state index is 12.7. The summed E-state index contributed by atoms with van der Waals surface area (Å²) in [5.74, 6) is 0.436. The molecule has 2 atom stereocenters. The van der Waals surface area contributed by atoms with E-state index in [4.69, 9.17) is 9.47 Å². The minimum absolute atomic E-state index is 0.0345. The number of amides is 1. The summed E-state index contributed by atoms with van der Waals surface area (Å²) in [5, 5.41) is 9.22. The number of aliphatic hydroxyl groups excluding tert-OH is 1. The van der Waals surface area contributed by atoms with Gasteiger partial charge in [0.2, 0.25) is 0 Å². The van der Waals surface area contributed by atoms with Gasteiger partial charge in [0.1, 0.15) is 12.4 Å². The molecule has 1 aliphatic heterocycles. The van der Waals surface area contributed by atoms with Gasteiger partial charge >= 0.3 is 0 Å². The van der Waals surface area contributed by atoms with Crippen molar-refractivity contribution in [2.75, 3.05) is 26.4 Å². The molecule has 0 saturated carbocycles. The van der Waals surface area contributed by atoms with Crippen LogP contribution >= 0.6 is 0 Å². The summed E-state index contributed by atoms with van der Waals surface area (Å²) in [5.41, 5.74) is 0.518. The number of carbonyl (C=O) groups excluding carboxylic acids is 1. The third-order valence-electron chi connectivity index (χ3n) is 3.44. The van der Waals surface area contributed by atoms with Crippen LogP contribution in [0.3, 0.4) is 0 Å². The lowest BCUT2D eigenvalue weighted by Crippen LogP contribution is -2.52. The Morgan fingerprint density at radius 3 is 3.05 bits per heavy atom. The standard InChI is InChI=1S/C16H21NO4/c1-3-8-20-15-7-5-4-6-14(15)16(19)17-9-13(10-18)21-11-12(17)2/h3-7,12-13,18H,1,8-11H2,2H3. The van der Waals surface area contributed by atoms with E-state index in [9.17, 15) is 9.90 Å². The molecule has 1 N–H and O–H groups in total. The minimum Gasteiger partial charge on any atom is -0.489 e. The number of aliphatic hydroxyl groups is 1. The van der Waals surface area contributed by atoms with Crippen LogP contribution in [0.1, 0.15) is 17.3 Å². The van der Waals surface area contributed by atoms with Gasteiger partial charge in [0, 0.05) is 6.54 Å². The van der Waals surface area contributed by atoms with Gasteiger partial charge < -0.3 is 19.5 Å². The molecule has 1 aliphatic rings. The molecule has 0 bridgehead atoms. The lowest BCUT2D eigenvalue weighted by molar-refractivity contribution is -0.0668. The van der Waals surface area contributed by atoms with Crippen LogP contribution in [-0.2, 0) is 4.74 Å². The smallest absolute Gasteiger partial charge is 0.258 e. The summed E-state index contributed by atoms with van der Waals surface area (Å²) in [7, 11) is 0. The Kier molecular flexibility index (Phi) is 5.36. The first-order valence-electron chi connectivity index (χ1n) is 7.03. The van der Waals surface area contributed by atoms with E-state index in [0.29, 0.717) is 31.1 Å². The molecule has 114 valence electrons. The molecule has 1 aromatic carbocycles. The normalized spacial score (nSPS) is 21.9. The number of hydrogen-bond donors (Lipinski definition) is 1. The summed E-state index contributed by atoms with van der Waals surface area (Å²) in [6.07, 6.45) is 1.31. The van der Waals surface area contributed by atoms with Crippen LogP contribution in [0.2, 0.25) is 0 Å². The van der Waals surface area contributed by atoms with Crippen LogP contribution in [0.5, 0.6) is 5.75 Å². The summed E-state index contributed by atoms with van der Waals surface area (Å²) >= 11 is 0. The SMILES string of the molecule is C=CCOc1ccccc1C(=O)N1CC(CO)OCC1C. The van der Waals surface area contributed by atoms with Gasteiger partial charge in [0.05, 0.1) is 30.9 Å². The van der Waals surface area contributed by atoms with E-state index in [1.165, 1.54) is 0 Å². The van der Waals surface area contributed by atoms with Gasteiger partial charge in [0.15, 0.2) is 0 Å². The Hall–Kier alpha value is -1.85. The highest BCUT2D eigenvalue weighted by Crippen LogP contribution is 2.23. The van der Waals surface area contributed by atoms with Crippen LogP contribution in [0.4, 0.5) is 0 Å². The molecule has 5 nitrogen and oxygen atoms in total. The molecule has 2 rings (SSSR count). The van der Waals surface area contributed by atoms with Gasteiger partial charge in [-0.25, -0.2) is 0 Å². The second-order valence-electron chi connectivity index (χ2n) is 5.04. The van der Waals surface area contributed by atoms with Gasteiger partial charge in [-0.1, -0.05) is 24.8 Å². The highest BCUT2D eigenvalue weighted by Gasteiger charge is 2.31. The molecule has 0 aliphatic carbocycles. The van der Waals surface area contributed by atoms with Crippen molar-refractivity contribution in [3.05, 3.63) is 42.5 Å². The highest BCUT2D eigenvalue weighted by atomic mass is 16.5. The number of para-hydroxylation sites is 1. The molecule has 0 radical (unpaired) electrons. The first-order valence-corrected chi connectivity index (χ1v) is 7.03. The molecular weight excluding hydrogens is 270 g/mol. The van der Waals surface area contributed by atoms with E-state index in [1.807, 2.05) is 19.1 Å². The second-order valence-corrected chi connectivity index (χ2v) is 5.04. The average molecular weight is 291 g/mol. The van der Waals surface area contributed by atoms with Crippen LogP contribution < -0.4 is 4.74 Å². The number of hydrogen-bond acceptors (Lipinski definition) is 4. The number of rotatable bonds is 5. The predicted octanol–water partition coefficient (Wildman–Crippen LogP) is 1.47. The third kappa shape index (κ3) is 3.62. The molecule has 1 aromatic rings. The largest absolute Gasteiger partial charge is 0.489 e. The van der Waals surface area contributed by atoms with Crippen molar-refractivity contribution in [2.45, 2.75) is 19.1 Å². The Morgan fingerprint density at radius 1 is 1.57 bits per heavy atom. The Bertz CT molecular complexity index is 503. The van der Waals surface area contributed by atoms with E-state index < -0.39 is 0 Å². The van der Waals surface area contributed by atoms with Gasteiger partial charge in [-0.3, -0.25) is 4.79 Å². The Labute approximate surface area is 124 Å². The number of carbonyl (C=O) groups is 1. The van der Waals surface area contributed by atoms with E-state index in [2.05, 4.69) is 6.58 Å². The molecule has 1 fully saturated rings. The predicted molar refractivity (Wildman–Crippen MR) is 79.5 cm³/mol. The van der Waals surface area contributed by atoms with Crippen molar-refractivity contribution in [3.8, 4) is 5.75 Å². The van der Waals surface area contributed by atoms with Crippen LogP contribution in [-0.4, -0.2) is 54.4 Å². The fourth-order valence-electron chi connectivity index (χ4n) is 2.28. The molecule has 2 unspecified atom stereocenters. The molecule has 1 saturated heterocycles. The van der Waals surface area contributed by atoms with E-state index >= 15 is 0 Å². The molecular formula is C16H21NO4. The zero-order valence-corrected chi connectivity index (χ0v) is 12.2. The Balaban J connectivity index is 2.20. The number of nitrogens with zero attached hydrogens (tertiary/aromatic N) is 1. The summed E-state index contributed by atoms with van der Waals surface area (Å²) < 4.78 is 11.0. The average Bonchev–Trinajstić information content (AvgIpc) is 2.53. The lowest BCUT2D eigenvalue weighted by atomic mass is 10.1. The van der Waals surface area contributed by atoms with Crippen LogP contribution in [0.25, 0.3) is 0 Å². The number of ether oxygens (including phenoxy) is 2. The fourth-order valence-corrected chi connectivity index (χ4v) is 2.28. The van der Waals surface area contributed by atoms with Crippen molar-refractivity contribution in [1.29, 1.82) is 0 Å². The van der Waals surface area contributed by atoms with Crippen molar-refractivity contribution in [3.63, 3.8) is 0 Å². The number of morpholine rings is 1. The van der Waals surface area contributed by atoms with Crippen LogP contribution in [0.15, 0.2) is 36.9 Å². The van der Waals surface area contributed by atoms with Crippen molar-refractivity contribution >= 4 is 5.91 Å². The first-order chi connectivity index (χ1) is 10.2. The van der Waals surface area contributed by atoms with Crippen LogP contribution in [0, 0.1) is 0 Å². The molecule has 0 aromatic heterocycles. The van der Waals surface area contributed by atoms with Gasteiger partial charge in [-0.15, -0.1) is 0 Å². The summed E-state index contributed by atoms with van der Waals surface area (Å²) in [6.45, 7) is 6.60. The maximum atomic E-state index is 12.7. The van der Waals surface area contributed by atoms with Gasteiger partial charge in [-0.05, 0) is 19.1 Å². The quantitative estimate of drug-likeness (QED) is 0.835. The molecule has 1 heterocycles. The summed E-state index contributed by atoms with van der Waals surface area (Å²) in [4.78, 5) is 14.5. The van der Waals surface area contributed by atoms with Crippen molar-refractivity contribution in [2.24, 2.45) is 0 Å². The molecule has 21 heavy (non-hydrogen) atoms. The van der Waals surface area contributed by atoms with Gasteiger partial charge in [-0.2, -0.15) is 0 Å². The van der Waals surface area contributed by atoms with E-state index in [-0.39, 0.29) is 24.7 Å². The minimum atomic E-state index is -0.327. The Morgan fingerprint density at radius 2 is 2.33 bits per heavy atom. The molecule has 5 heteroatoms. The zero-order valence-electron chi connectivity index (χ0n) is 12.2.